The number of aryl methyl sites for hydroxylation is 2. The summed E-state index contributed by atoms with van der Waals surface area (Å²) in [6.07, 6.45) is 6.37. The summed E-state index contributed by atoms with van der Waals surface area (Å²) in [6.45, 7) is 5.44. The van der Waals surface area contributed by atoms with Crippen molar-refractivity contribution < 1.29 is 0 Å². The van der Waals surface area contributed by atoms with Crippen molar-refractivity contribution in [1.29, 1.82) is 0 Å². The second-order valence-electron chi connectivity index (χ2n) is 5.41. The minimum absolute atomic E-state index is 0.701. The Morgan fingerprint density at radius 3 is 2.72 bits per heavy atom. The highest BCUT2D eigenvalue weighted by atomic mass is 79.9. The van der Waals surface area contributed by atoms with Crippen LogP contribution in [0, 0.1) is 12.8 Å². The van der Waals surface area contributed by atoms with E-state index in [2.05, 4.69) is 40.2 Å². The largest absolute Gasteiger partial charge is 0.314 e. The predicted octanol–water partition coefficient (Wildman–Crippen LogP) is 3.20. The van der Waals surface area contributed by atoms with Gasteiger partial charge in [0, 0.05) is 13.1 Å². The Morgan fingerprint density at radius 2 is 2.22 bits per heavy atom. The van der Waals surface area contributed by atoms with E-state index in [4.69, 9.17) is 0 Å². The molecule has 0 radical (unpaired) electrons. The summed E-state index contributed by atoms with van der Waals surface area (Å²) < 4.78 is 3.21. The highest BCUT2D eigenvalue weighted by Crippen LogP contribution is 2.35. The molecule has 1 aliphatic carbocycles. The van der Waals surface area contributed by atoms with E-state index in [-0.39, 0.29) is 0 Å². The zero-order chi connectivity index (χ0) is 13.1. The summed E-state index contributed by atoms with van der Waals surface area (Å²) in [6, 6.07) is 0.701. The average molecular weight is 314 g/mol. The van der Waals surface area contributed by atoms with Crippen molar-refractivity contribution in [2.75, 3.05) is 6.54 Å². The van der Waals surface area contributed by atoms with Gasteiger partial charge in [0.25, 0.3) is 0 Å². The van der Waals surface area contributed by atoms with Gasteiger partial charge in [-0.3, -0.25) is 4.68 Å². The maximum absolute atomic E-state index is 4.46. The van der Waals surface area contributed by atoms with Gasteiger partial charge in [0.2, 0.25) is 0 Å². The van der Waals surface area contributed by atoms with E-state index in [0.29, 0.717) is 6.04 Å². The lowest BCUT2D eigenvalue weighted by Crippen LogP contribution is -2.32. The van der Waals surface area contributed by atoms with Crippen LogP contribution in [-0.2, 0) is 13.5 Å². The van der Waals surface area contributed by atoms with Gasteiger partial charge in [-0.1, -0.05) is 6.92 Å². The Morgan fingerprint density at radius 1 is 1.50 bits per heavy atom. The molecule has 1 aromatic heterocycles. The van der Waals surface area contributed by atoms with Crippen molar-refractivity contribution in [3.63, 3.8) is 0 Å². The van der Waals surface area contributed by atoms with Crippen molar-refractivity contribution in [2.45, 2.75) is 52.0 Å². The third-order valence-electron chi connectivity index (χ3n) is 3.80. The second kappa shape index (κ2) is 6.20. The first-order valence-electron chi connectivity index (χ1n) is 7.04. The molecule has 1 heterocycles. The number of rotatable bonds is 7. The standard InChI is InChI=1S/C14H24BrN3/c1-4-9-16-12(11-5-6-11)7-8-13-14(15)10(2)17-18(13)3/h11-12,16H,4-9H2,1-3H3. The zero-order valence-corrected chi connectivity index (χ0v) is 13.3. The van der Waals surface area contributed by atoms with Crippen molar-refractivity contribution >= 4 is 15.9 Å². The first-order valence-corrected chi connectivity index (χ1v) is 7.84. The van der Waals surface area contributed by atoms with Gasteiger partial charge in [-0.25, -0.2) is 0 Å². The Kier molecular flexibility index (Phi) is 4.84. The third kappa shape index (κ3) is 3.35. The van der Waals surface area contributed by atoms with Crippen LogP contribution in [0.2, 0.25) is 0 Å². The van der Waals surface area contributed by atoms with Crippen LogP contribution < -0.4 is 5.32 Å². The lowest BCUT2D eigenvalue weighted by molar-refractivity contribution is 0.431. The number of hydrogen-bond acceptors (Lipinski definition) is 2. The van der Waals surface area contributed by atoms with Crippen LogP contribution in [0.1, 0.15) is 44.0 Å². The fraction of sp³-hybridized carbons (Fsp3) is 0.786. The molecular weight excluding hydrogens is 290 g/mol. The molecule has 1 unspecified atom stereocenters. The van der Waals surface area contributed by atoms with Gasteiger partial charge in [-0.15, -0.1) is 0 Å². The quantitative estimate of drug-likeness (QED) is 0.837. The molecule has 18 heavy (non-hydrogen) atoms. The van der Waals surface area contributed by atoms with Gasteiger partial charge in [0.1, 0.15) is 0 Å². The van der Waals surface area contributed by atoms with Crippen LogP contribution in [0.15, 0.2) is 4.47 Å². The minimum atomic E-state index is 0.701. The van der Waals surface area contributed by atoms with Gasteiger partial charge in [0.05, 0.1) is 15.9 Å². The number of halogens is 1. The number of aromatic nitrogens is 2. The lowest BCUT2D eigenvalue weighted by Gasteiger charge is -2.18. The van der Waals surface area contributed by atoms with Gasteiger partial charge in [0.15, 0.2) is 0 Å². The minimum Gasteiger partial charge on any atom is -0.314 e. The molecule has 0 aliphatic heterocycles. The van der Waals surface area contributed by atoms with E-state index < -0.39 is 0 Å². The molecule has 3 nitrogen and oxygen atoms in total. The summed E-state index contributed by atoms with van der Waals surface area (Å²) in [5.74, 6) is 0.921. The molecule has 1 aliphatic rings. The van der Waals surface area contributed by atoms with Crippen LogP contribution in [0.25, 0.3) is 0 Å². The average Bonchev–Trinajstić information content (AvgIpc) is 3.13. The SMILES string of the molecule is CCCNC(CCc1c(Br)c(C)nn1C)C1CC1. The molecule has 0 saturated heterocycles. The van der Waals surface area contributed by atoms with E-state index in [1.165, 1.54) is 35.8 Å². The van der Waals surface area contributed by atoms with Crippen molar-refractivity contribution in [3.05, 3.63) is 15.9 Å². The van der Waals surface area contributed by atoms with Crippen LogP contribution >= 0.6 is 15.9 Å². The van der Waals surface area contributed by atoms with Gasteiger partial charge >= 0.3 is 0 Å². The number of hydrogen-bond donors (Lipinski definition) is 1. The summed E-state index contributed by atoms with van der Waals surface area (Å²) in [7, 11) is 2.04. The van der Waals surface area contributed by atoms with E-state index in [0.717, 1.165) is 24.6 Å². The monoisotopic (exact) mass is 313 g/mol. The summed E-state index contributed by atoms with van der Waals surface area (Å²) in [5.41, 5.74) is 2.42. The Balaban J connectivity index is 1.92. The molecule has 1 atom stereocenters. The van der Waals surface area contributed by atoms with E-state index in [1.807, 2.05) is 11.7 Å². The fourth-order valence-corrected chi connectivity index (χ4v) is 3.11. The highest BCUT2D eigenvalue weighted by Gasteiger charge is 2.30. The van der Waals surface area contributed by atoms with Crippen LogP contribution in [0.5, 0.6) is 0 Å². The van der Waals surface area contributed by atoms with E-state index in [1.54, 1.807) is 0 Å². The molecule has 0 aromatic carbocycles. The van der Waals surface area contributed by atoms with Crippen LogP contribution in [-0.4, -0.2) is 22.4 Å². The predicted molar refractivity (Wildman–Crippen MR) is 78.8 cm³/mol. The van der Waals surface area contributed by atoms with Crippen LogP contribution in [0.4, 0.5) is 0 Å². The summed E-state index contributed by atoms with van der Waals surface area (Å²) in [4.78, 5) is 0. The molecule has 2 rings (SSSR count). The smallest absolute Gasteiger partial charge is 0.0738 e. The Bertz CT molecular complexity index is 396. The number of nitrogens with one attached hydrogen (secondary N) is 1. The lowest BCUT2D eigenvalue weighted by atomic mass is 10.0. The molecule has 0 bridgehead atoms. The summed E-state index contributed by atoms with van der Waals surface area (Å²) >= 11 is 3.65. The van der Waals surface area contributed by atoms with E-state index in [9.17, 15) is 0 Å². The summed E-state index contributed by atoms with van der Waals surface area (Å²) in [5, 5.41) is 8.16. The normalized spacial score (nSPS) is 17.1. The maximum atomic E-state index is 4.46. The maximum Gasteiger partial charge on any atom is 0.0738 e. The zero-order valence-electron chi connectivity index (χ0n) is 11.7. The molecular formula is C14H24BrN3. The molecule has 1 aromatic rings. The Hall–Kier alpha value is -0.350. The van der Waals surface area contributed by atoms with Crippen molar-refractivity contribution in [2.24, 2.45) is 13.0 Å². The topological polar surface area (TPSA) is 29.9 Å². The van der Waals surface area contributed by atoms with Crippen molar-refractivity contribution in [1.82, 2.24) is 15.1 Å². The van der Waals surface area contributed by atoms with Crippen molar-refractivity contribution in [3.8, 4) is 0 Å². The highest BCUT2D eigenvalue weighted by molar-refractivity contribution is 9.10. The molecule has 0 spiro atoms. The van der Waals surface area contributed by atoms with Gasteiger partial charge in [-0.05, 0) is 67.4 Å². The molecule has 1 fully saturated rings. The third-order valence-corrected chi connectivity index (χ3v) is 4.83. The molecule has 0 amide bonds. The van der Waals surface area contributed by atoms with E-state index >= 15 is 0 Å². The van der Waals surface area contributed by atoms with Gasteiger partial charge in [-0.2, -0.15) is 5.10 Å². The molecule has 102 valence electrons. The first kappa shape index (κ1) is 14.1. The first-order chi connectivity index (χ1) is 8.63. The second-order valence-corrected chi connectivity index (χ2v) is 6.20. The number of nitrogens with zero attached hydrogens (tertiary/aromatic N) is 2. The molecule has 1 N–H and O–H groups in total. The Labute approximate surface area is 118 Å². The fourth-order valence-electron chi connectivity index (χ4n) is 2.58. The molecule has 4 heteroatoms. The molecule has 1 saturated carbocycles. The van der Waals surface area contributed by atoms with Gasteiger partial charge < -0.3 is 5.32 Å². The van der Waals surface area contributed by atoms with Crippen LogP contribution in [0.3, 0.4) is 0 Å².